The highest BCUT2D eigenvalue weighted by molar-refractivity contribution is 14.0. The van der Waals surface area contributed by atoms with Gasteiger partial charge in [-0.3, -0.25) is 4.99 Å². The Morgan fingerprint density at radius 2 is 1.78 bits per heavy atom. The van der Waals surface area contributed by atoms with E-state index >= 15 is 0 Å². The van der Waals surface area contributed by atoms with E-state index in [-0.39, 0.29) is 36.1 Å². The highest BCUT2D eigenvalue weighted by atomic mass is 127. The van der Waals surface area contributed by atoms with Crippen LogP contribution in [0.4, 0.5) is 17.6 Å². The molecule has 0 aliphatic heterocycles. The van der Waals surface area contributed by atoms with Gasteiger partial charge in [0, 0.05) is 39.1 Å². The average molecular weight is 561 g/mol. The molecule has 0 bridgehead atoms. The van der Waals surface area contributed by atoms with Crippen molar-refractivity contribution in [1.29, 1.82) is 0 Å². The molecule has 0 unspecified atom stereocenters. The first-order valence-electron chi connectivity index (χ1n) is 9.62. The molecule has 0 saturated heterocycles. The Hall–Kier alpha value is -2.63. The van der Waals surface area contributed by atoms with Crippen LogP contribution in [0.3, 0.4) is 0 Å². The Bertz CT molecular complexity index is 1060. The Morgan fingerprint density at radius 3 is 2.44 bits per heavy atom. The average Bonchev–Trinajstić information content (AvgIpc) is 3.13. The lowest BCUT2D eigenvalue weighted by Crippen LogP contribution is -2.36. The Labute approximate surface area is 201 Å². The van der Waals surface area contributed by atoms with Gasteiger partial charge in [-0.15, -0.1) is 24.0 Å². The van der Waals surface area contributed by atoms with Crippen LogP contribution in [0.2, 0.25) is 0 Å². The number of aliphatic imine (C=N–C) groups is 1. The van der Waals surface area contributed by atoms with Crippen molar-refractivity contribution in [2.24, 2.45) is 4.99 Å². The van der Waals surface area contributed by atoms with E-state index in [9.17, 15) is 17.6 Å². The molecular formula is C22H24F4IN5. The van der Waals surface area contributed by atoms with Crippen LogP contribution < -0.4 is 10.6 Å². The van der Waals surface area contributed by atoms with Crippen LogP contribution in [0.15, 0.2) is 59.9 Å². The van der Waals surface area contributed by atoms with Crippen LogP contribution in [0, 0.1) is 12.7 Å². The highest BCUT2D eigenvalue weighted by Gasteiger charge is 2.33. The molecule has 0 radical (unpaired) electrons. The monoisotopic (exact) mass is 561 g/mol. The molecule has 0 aliphatic rings. The van der Waals surface area contributed by atoms with Gasteiger partial charge < -0.3 is 15.2 Å². The Balaban J connectivity index is 0.00000363. The molecule has 3 rings (SSSR count). The fourth-order valence-electron chi connectivity index (χ4n) is 3.16. The first-order chi connectivity index (χ1) is 14.8. The molecule has 5 nitrogen and oxygen atoms in total. The van der Waals surface area contributed by atoms with Gasteiger partial charge in [-0.25, -0.2) is 9.37 Å². The fourth-order valence-corrected chi connectivity index (χ4v) is 3.16. The van der Waals surface area contributed by atoms with Gasteiger partial charge in [-0.1, -0.05) is 30.3 Å². The molecule has 0 amide bonds. The van der Waals surface area contributed by atoms with E-state index in [0.717, 1.165) is 29.1 Å². The molecule has 1 aromatic heterocycles. The molecular weight excluding hydrogens is 537 g/mol. The number of alkyl halides is 3. The zero-order valence-electron chi connectivity index (χ0n) is 17.6. The summed E-state index contributed by atoms with van der Waals surface area (Å²) in [6.45, 7) is 2.92. The highest BCUT2D eigenvalue weighted by Crippen LogP contribution is 2.32. The number of benzene rings is 2. The fraction of sp³-hybridized carbons (Fsp3) is 0.273. The zero-order chi connectivity index (χ0) is 22.4. The van der Waals surface area contributed by atoms with Gasteiger partial charge in [0.25, 0.3) is 0 Å². The van der Waals surface area contributed by atoms with E-state index < -0.39 is 17.6 Å². The molecule has 0 aliphatic carbocycles. The maximum Gasteiger partial charge on any atom is 0.416 e. The Morgan fingerprint density at radius 1 is 1.06 bits per heavy atom. The van der Waals surface area contributed by atoms with E-state index in [1.807, 2.05) is 42.0 Å². The summed E-state index contributed by atoms with van der Waals surface area (Å²) in [4.78, 5) is 8.26. The summed E-state index contributed by atoms with van der Waals surface area (Å²) >= 11 is 0. The second-order valence-corrected chi connectivity index (χ2v) is 7.00. The van der Waals surface area contributed by atoms with Crippen molar-refractivity contribution in [3.63, 3.8) is 0 Å². The normalized spacial score (nSPS) is 11.8. The standard InChI is InChI=1S/C22H23F4N5.HI/c1-15-28-8-9-31(15)14-17-5-3-4-16(10-17)12-29-21(27-2)30-13-18-6-7-19(23)11-20(18)22(24,25)26;/h3-11H,12-14H2,1-2H3,(H2,27,29,30);1H. The van der Waals surface area contributed by atoms with Crippen LogP contribution in [0.25, 0.3) is 0 Å². The molecule has 0 spiro atoms. The first kappa shape index (κ1) is 25.6. The maximum atomic E-state index is 13.3. The number of hydrogen-bond acceptors (Lipinski definition) is 2. The SMILES string of the molecule is CN=C(NCc1cccc(Cn2ccnc2C)c1)NCc1ccc(F)cc1C(F)(F)F.I. The topological polar surface area (TPSA) is 54.2 Å². The molecule has 172 valence electrons. The summed E-state index contributed by atoms with van der Waals surface area (Å²) < 4.78 is 54.8. The second kappa shape index (κ2) is 11.3. The van der Waals surface area contributed by atoms with Crippen molar-refractivity contribution in [1.82, 2.24) is 20.2 Å². The molecule has 0 atom stereocenters. The Kier molecular flexibility index (Phi) is 9.05. The van der Waals surface area contributed by atoms with E-state index in [2.05, 4.69) is 20.6 Å². The summed E-state index contributed by atoms with van der Waals surface area (Å²) in [5.41, 5.74) is 1.04. The lowest BCUT2D eigenvalue weighted by atomic mass is 10.1. The lowest BCUT2D eigenvalue weighted by molar-refractivity contribution is -0.138. The maximum absolute atomic E-state index is 13.3. The lowest BCUT2D eigenvalue weighted by Gasteiger charge is -2.16. The zero-order valence-corrected chi connectivity index (χ0v) is 19.9. The van der Waals surface area contributed by atoms with Crippen LogP contribution in [0.5, 0.6) is 0 Å². The molecule has 2 aromatic carbocycles. The molecule has 0 saturated carbocycles. The van der Waals surface area contributed by atoms with Gasteiger partial charge in [-0.05, 0) is 35.7 Å². The molecule has 32 heavy (non-hydrogen) atoms. The number of nitrogens with one attached hydrogen (secondary N) is 2. The number of nitrogens with zero attached hydrogens (tertiary/aromatic N) is 3. The number of rotatable bonds is 6. The summed E-state index contributed by atoms with van der Waals surface area (Å²) in [6.07, 6.45) is -0.970. The predicted molar refractivity (Wildman–Crippen MR) is 126 cm³/mol. The molecule has 2 N–H and O–H groups in total. The first-order valence-corrected chi connectivity index (χ1v) is 9.62. The van der Waals surface area contributed by atoms with Crippen molar-refractivity contribution in [2.75, 3.05) is 7.05 Å². The van der Waals surface area contributed by atoms with Gasteiger partial charge >= 0.3 is 6.18 Å². The van der Waals surface area contributed by atoms with Crippen molar-refractivity contribution >= 4 is 29.9 Å². The van der Waals surface area contributed by atoms with Crippen molar-refractivity contribution in [2.45, 2.75) is 32.7 Å². The molecule has 3 aromatic rings. The minimum Gasteiger partial charge on any atom is -0.352 e. The number of aryl methyl sites for hydroxylation is 1. The number of imidazole rings is 1. The summed E-state index contributed by atoms with van der Waals surface area (Å²) in [5.74, 6) is 0.338. The molecule has 10 heteroatoms. The number of aromatic nitrogens is 2. The summed E-state index contributed by atoms with van der Waals surface area (Å²) in [7, 11) is 1.53. The van der Waals surface area contributed by atoms with E-state index in [1.165, 1.54) is 7.05 Å². The van der Waals surface area contributed by atoms with Crippen LogP contribution >= 0.6 is 24.0 Å². The number of hydrogen-bond donors (Lipinski definition) is 2. The van der Waals surface area contributed by atoms with E-state index in [1.54, 1.807) is 6.20 Å². The largest absolute Gasteiger partial charge is 0.416 e. The third-order valence-electron chi connectivity index (χ3n) is 4.78. The minimum atomic E-state index is -4.63. The van der Waals surface area contributed by atoms with Gasteiger partial charge in [-0.2, -0.15) is 13.2 Å². The molecule has 1 heterocycles. The summed E-state index contributed by atoms with van der Waals surface area (Å²) in [5, 5.41) is 5.94. The van der Waals surface area contributed by atoms with Crippen molar-refractivity contribution < 1.29 is 17.6 Å². The van der Waals surface area contributed by atoms with Gasteiger partial charge in [0.05, 0.1) is 5.56 Å². The van der Waals surface area contributed by atoms with E-state index in [0.29, 0.717) is 25.1 Å². The number of guanidine groups is 1. The predicted octanol–water partition coefficient (Wildman–Crippen LogP) is 4.88. The van der Waals surface area contributed by atoms with Crippen LogP contribution in [-0.4, -0.2) is 22.6 Å². The van der Waals surface area contributed by atoms with E-state index in [4.69, 9.17) is 0 Å². The summed E-state index contributed by atoms with van der Waals surface area (Å²) in [6, 6.07) is 10.6. The van der Waals surface area contributed by atoms with Gasteiger partial charge in [0.1, 0.15) is 11.6 Å². The van der Waals surface area contributed by atoms with Crippen LogP contribution in [-0.2, 0) is 25.8 Å². The van der Waals surface area contributed by atoms with Gasteiger partial charge in [0.15, 0.2) is 5.96 Å². The minimum absolute atomic E-state index is 0. The van der Waals surface area contributed by atoms with Crippen LogP contribution in [0.1, 0.15) is 28.1 Å². The van der Waals surface area contributed by atoms with Gasteiger partial charge in [0.2, 0.25) is 0 Å². The quantitative estimate of drug-likeness (QED) is 0.195. The third kappa shape index (κ3) is 6.94. The smallest absolute Gasteiger partial charge is 0.352 e. The van der Waals surface area contributed by atoms with Crippen molar-refractivity contribution in [3.05, 3.63) is 88.8 Å². The third-order valence-corrected chi connectivity index (χ3v) is 4.78. The second-order valence-electron chi connectivity index (χ2n) is 7.00. The molecule has 0 fully saturated rings. The number of halogens is 5. The van der Waals surface area contributed by atoms with Crippen molar-refractivity contribution in [3.8, 4) is 0 Å².